The molecule has 6 nitrogen and oxygen atoms in total. The number of anilines is 1. The van der Waals surface area contributed by atoms with E-state index in [2.05, 4.69) is 20.4 Å². The number of nitrogens with zero attached hydrogens (tertiary/aromatic N) is 3. The lowest BCUT2D eigenvalue weighted by molar-refractivity contribution is 0.376. The zero-order valence-electron chi connectivity index (χ0n) is 10.1. The Labute approximate surface area is 105 Å². The molecule has 0 saturated carbocycles. The third kappa shape index (κ3) is 3.58. The van der Waals surface area contributed by atoms with E-state index in [9.17, 15) is 0 Å². The molecule has 0 radical (unpaired) electrons. The van der Waals surface area contributed by atoms with Crippen LogP contribution in [0.2, 0.25) is 0 Å². The lowest BCUT2D eigenvalue weighted by Gasteiger charge is -2.04. The summed E-state index contributed by atoms with van der Waals surface area (Å²) in [5.41, 5.74) is 6.66. The number of aromatic nitrogens is 2. The summed E-state index contributed by atoms with van der Waals surface area (Å²) in [6, 6.07) is 9.64. The Morgan fingerprint density at radius 2 is 2.17 bits per heavy atom. The molecule has 0 amide bonds. The van der Waals surface area contributed by atoms with Crippen LogP contribution in [-0.2, 0) is 6.42 Å². The van der Waals surface area contributed by atoms with Gasteiger partial charge in [0.15, 0.2) is 11.8 Å². The van der Waals surface area contributed by atoms with Gasteiger partial charge in [-0.15, -0.1) is 0 Å². The maximum atomic E-state index is 5.75. The van der Waals surface area contributed by atoms with Crippen molar-refractivity contribution in [2.75, 3.05) is 11.9 Å². The maximum Gasteiger partial charge on any atom is 0.228 e. The second kappa shape index (κ2) is 5.81. The molecule has 0 saturated heterocycles. The molecule has 0 aliphatic heterocycles. The molecule has 1 heterocycles. The van der Waals surface area contributed by atoms with Crippen molar-refractivity contribution in [1.29, 1.82) is 0 Å². The summed E-state index contributed by atoms with van der Waals surface area (Å²) in [6.07, 6.45) is 0.581. The lowest BCUT2D eigenvalue weighted by atomic mass is 10.3. The van der Waals surface area contributed by atoms with Gasteiger partial charge < -0.3 is 15.6 Å². The molecule has 94 valence electrons. The first-order chi connectivity index (χ1) is 8.74. The summed E-state index contributed by atoms with van der Waals surface area (Å²) in [7, 11) is 0. The van der Waals surface area contributed by atoms with Crippen molar-refractivity contribution >= 4 is 11.6 Å². The minimum absolute atomic E-state index is 0.373. The largest absolute Gasteiger partial charge is 0.370 e. The van der Waals surface area contributed by atoms with E-state index in [1.165, 1.54) is 0 Å². The van der Waals surface area contributed by atoms with E-state index >= 15 is 0 Å². The Morgan fingerprint density at radius 1 is 1.39 bits per heavy atom. The van der Waals surface area contributed by atoms with Gasteiger partial charge in [-0.3, -0.25) is 4.99 Å². The average molecular weight is 245 g/mol. The van der Waals surface area contributed by atoms with Crippen molar-refractivity contribution in [3.63, 3.8) is 0 Å². The summed E-state index contributed by atoms with van der Waals surface area (Å²) in [5, 5.41) is 6.70. The van der Waals surface area contributed by atoms with E-state index < -0.39 is 0 Å². The van der Waals surface area contributed by atoms with Gasteiger partial charge in [0.05, 0.1) is 6.54 Å². The number of hydrogen-bond acceptors (Lipinski definition) is 4. The van der Waals surface area contributed by atoms with Crippen molar-refractivity contribution in [2.45, 2.75) is 13.3 Å². The van der Waals surface area contributed by atoms with Crippen LogP contribution in [-0.4, -0.2) is 22.6 Å². The number of aryl methyl sites for hydroxylation is 1. The number of nitrogens with two attached hydrogens (primary N) is 1. The first kappa shape index (κ1) is 12.1. The highest BCUT2D eigenvalue weighted by Gasteiger charge is 2.01. The maximum absolute atomic E-state index is 5.75. The Bertz CT molecular complexity index is 520. The number of rotatable bonds is 4. The van der Waals surface area contributed by atoms with Crippen LogP contribution in [0.1, 0.15) is 11.7 Å². The summed E-state index contributed by atoms with van der Waals surface area (Å²) >= 11 is 0. The summed E-state index contributed by atoms with van der Waals surface area (Å²) in [6.45, 7) is 2.29. The van der Waals surface area contributed by atoms with Crippen LogP contribution >= 0.6 is 0 Å². The molecule has 0 atom stereocenters. The van der Waals surface area contributed by atoms with Crippen LogP contribution in [0.3, 0.4) is 0 Å². The highest BCUT2D eigenvalue weighted by Crippen LogP contribution is 2.04. The van der Waals surface area contributed by atoms with E-state index in [1.807, 2.05) is 30.3 Å². The Hall–Kier alpha value is -2.37. The number of benzene rings is 1. The SMILES string of the molecule is Cc1noc(CCN=C(N)Nc2ccccc2)n1. The van der Waals surface area contributed by atoms with Crippen LogP contribution < -0.4 is 11.1 Å². The van der Waals surface area contributed by atoms with E-state index in [4.69, 9.17) is 10.3 Å². The first-order valence-electron chi connectivity index (χ1n) is 5.65. The fourth-order valence-electron chi connectivity index (χ4n) is 1.42. The zero-order valence-corrected chi connectivity index (χ0v) is 10.1. The normalized spacial score (nSPS) is 11.5. The third-order valence-corrected chi connectivity index (χ3v) is 2.22. The topological polar surface area (TPSA) is 89.3 Å². The first-order valence-corrected chi connectivity index (χ1v) is 5.65. The Balaban J connectivity index is 1.82. The molecule has 0 aliphatic carbocycles. The predicted octanol–water partition coefficient (Wildman–Crippen LogP) is 1.35. The standard InChI is InChI=1S/C12H15N5O/c1-9-15-11(18-17-9)7-8-14-12(13)16-10-5-3-2-4-6-10/h2-6H,7-8H2,1H3,(H3,13,14,16). The molecule has 6 heteroatoms. The molecule has 1 aromatic heterocycles. The number of hydrogen-bond donors (Lipinski definition) is 2. The van der Waals surface area contributed by atoms with Gasteiger partial charge in [-0.1, -0.05) is 23.4 Å². The van der Waals surface area contributed by atoms with E-state index in [0.29, 0.717) is 30.6 Å². The second-order valence-corrected chi connectivity index (χ2v) is 3.74. The molecular weight excluding hydrogens is 230 g/mol. The molecule has 0 fully saturated rings. The molecule has 0 unspecified atom stereocenters. The Morgan fingerprint density at radius 3 is 2.83 bits per heavy atom. The zero-order chi connectivity index (χ0) is 12.8. The Kier molecular flexibility index (Phi) is 3.90. The van der Waals surface area contributed by atoms with Crippen LogP contribution in [0, 0.1) is 6.92 Å². The molecule has 0 spiro atoms. The van der Waals surface area contributed by atoms with Gasteiger partial charge in [0, 0.05) is 12.1 Å². The number of nitrogens with one attached hydrogen (secondary N) is 1. The van der Waals surface area contributed by atoms with Crippen molar-refractivity contribution in [3.05, 3.63) is 42.0 Å². The van der Waals surface area contributed by atoms with Gasteiger partial charge in [-0.25, -0.2) is 0 Å². The minimum atomic E-state index is 0.373. The predicted molar refractivity (Wildman–Crippen MR) is 69.3 cm³/mol. The smallest absolute Gasteiger partial charge is 0.228 e. The van der Waals surface area contributed by atoms with Crippen molar-refractivity contribution in [2.24, 2.45) is 10.7 Å². The highest BCUT2D eigenvalue weighted by atomic mass is 16.5. The molecular formula is C12H15N5O. The van der Waals surface area contributed by atoms with E-state index in [1.54, 1.807) is 6.92 Å². The number of guanidine groups is 1. The fourth-order valence-corrected chi connectivity index (χ4v) is 1.42. The average Bonchev–Trinajstić information content (AvgIpc) is 2.76. The summed E-state index contributed by atoms with van der Waals surface area (Å²) in [4.78, 5) is 8.26. The van der Waals surface area contributed by atoms with Crippen LogP contribution in [0.15, 0.2) is 39.8 Å². The van der Waals surface area contributed by atoms with Crippen molar-refractivity contribution < 1.29 is 4.52 Å². The lowest BCUT2D eigenvalue weighted by Crippen LogP contribution is -2.23. The van der Waals surface area contributed by atoms with Crippen molar-refractivity contribution in [3.8, 4) is 0 Å². The molecule has 2 rings (SSSR count). The van der Waals surface area contributed by atoms with E-state index in [-0.39, 0.29) is 0 Å². The molecule has 0 bridgehead atoms. The molecule has 2 aromatic rings. The number of aliphatic imine (C=N–C) groups is 1. The number of para-hydroxylation sites is 1. The molecule has 1 aromatic carbocycles. The quantitative estimate of drug-likeness (QED) is 0.627. The van der Waals surface area contributed by atoms with Crippen molar-refractivity contribution in [1.82, 2.24) is 10.1 Å². The molecule has 0 aliphatic rings. The van der Waals surface area contributed by atoms with Gasteiger partial charge >= 0.3 is 0 Å². The third-order valence-electron chi connectivity index (χ3n) is 2.22. The van der Waals surface area contributed by atoms with E-state index in [0.717, 1.165) is 5.69 Å². The van der Waals surface area contributed by atoms with Crippen LogP contribution in [0.5, 0.6) is 0 Å². The van der Waals surface area contributed by atoms with Gasteiger partial charge in [0.2, 0.25) is 5.89 Å². The van der Waals surface area contributed by atoms with Gasteiger partial charge in [-0.2, -0.15) is 4.98 Å². The fraction of sp³-hybridized carbons (Fsp3) is 0.250. The van der Waals surface area contributed by atoms with Gasteiger partial charge in [0.1, 0.15) is 0 Å². The van der Waals surface area contributed by atoms with Crippen LogP contribution in [0.4, 0.5) is 5.69 Å². The molecule has 18 heavy (non-hydrogen) atoms. The van der Waals surface area contributed by atoms with Crippen LogP contribution in [0.25, 0.3) is 0 Å². The summed E-state index contributed by atoms with van der Waals surface area (Å²) in [5.74, 6) is 1.57. The monoisotopic (exact) mass is 245 g/mol. The van der Waals surface area contributed by atoms with Gasteiger partial charge in [-0.05, 0) is 19.1 Å². The molecule has 3 N–H and O–H groups in total. The highest BCUT2D eigenvalue weighted by molar-refractivity contribution is 5.92. The van der Waals surface area contributed by atoms with Gasteiger partial charge in [0.25, 0.3) is 0 Å². The summed E-state index contributed by atoms with van der Waals surface area (Å²) < 4.78 is 4.97. The second-order valence-electron chi connectivity index (χ2n) is 3.74. The minimum Gasteiger partial charge on any atom is -0.370 e.